The van der Waals surface area contributed by atoms with Crippen molar-refractivity contribution in [2.24, 2.45) is 11.3 Å². The van der Waals surface area contributed by atoms with Gasteiger partial charge in [0.1, 0.15) is 0 Å². The molecular formula is C16H26N2O2S. The molecule has 1 saturated heterocycles. The molecule has 1 atom stereocenters. The molecule has 0 spiro atoms. The molecule has 0 bridgehead atoms. The Balaban J connectivity index is 2.15. The molecule has 2 rings (SSSR count). The maximum Gasteiger partial charge on any atom is 0.243 e. The van der Waals surface area contributed by atoms with Gasteiger partial charge in [0.15, 0.2) is 0 Å². The van der Waals surface area contributed by atoms with Crippen LogP contribution in [0.25, 0.3) is 0 Å². The van der Waals surface area contributed by atoms with Gasteiger partial charge in [0.05, 0.1) is 4.90 Å². The molecule has 118 valence electrons. The average molecular weight is 310 g/mol. The van der Waals surface area contributed by atoms with Gasteiger partial charge in [-0.05, 0) is 42.5 Å². The lowest BCUT2D eigenvalue weighted by molar-refractivity contribution is 0.252. The summed E-state index contributed by atoms with van der Waals surface area (Å²) >= 11 is 0. The molecule has 0 radical (unpaired) electrons. The Morgan fingerprint density at radius 2 is 1.86 bits per heavy atom. The Morgan fingerprint density at radius 3 is 2.33 bits per heavy atom. The molecule has 1 aromatic carbocycles. The molecule has 1 heterocycles. The Kier molecular flexibility index (Phi) is 4.76. The molecule has 1 aromatic rings. The molecule has 0 aromatic heterocycles. The van der Waals surface area contributed by atoms with E-state index in [4.69, 9.17) is 0 Å². The van der Waals surface area contributed by atoms with Crippen LogP contribution in [0.1, 0.15) is 32.8 Å². The molecule has 1 fully saturated rings. The van der Waals surface area contributed by atoms with Crippen LogP contribution in [0.5, 0.6) is 0 Å². The van der Waals surface area contributed by atoms with Crippen molar-refractivity contribution in [2.45, 2.75) is 38.6 Å². The number of hydrogen-bond donors (Lipinski definition) is 1. The molecule has 0 saturated carbocycles. The van der Waals surface area contributed by atoms with E-state index in [0.717, 1.165) is 18.5 Å². The summed E-state index contributed by atoms with van der Waals surface area (Å²) in [5, 5.41) is 3.06. The molecule has 1 aliphatic rings. The second-order valence-electron chi connectivity index (χ2n) is 6.89. The molecule has 0 aliphatic carbocycles. The second-order valence-corrected chi connectivity index (χ2v) is 8.83. The number of rotatable bonds is 4. The zero-order valence-corrected chi connectivity index (χ0v) is 14.2. The Morgan fingerprint density at radius 1 is 1.24 bits per heavy atom. The van der Waals surface area contributed by atoms with Gasteiger partial charge in [0.25, 0.3) is 0 Å². The maximum absolute atomic E-state index is 12.7. The van der Waals surface area contributed by atoms with E-state index in [1.807, 2.05) is 19.2 Å². The van der Waals surface area contributed by atoms with Crippen LogP contribution in [0.3, 0.4) is 0 Å². The summed E-state index contributed by atoms with van der Waals surface area (Å²) in [6.07, 6.45) is 0.945. The first-order chi connectivity index (χ1) is 9.75. The highest BCUT2D eigenvalue weighted by atomic mass is 32.2. The summed E-state index contributed by atoms with van der Waals surface area (Å²) in [4.78, 5) is 0.400. The van der Waals surface area contributed by atoms with Gasteiger partial charge in [-0.15, -0.1) is 0 Å². The summed E-state index contributed by atoms with van der Waals surface area (Å²) in [6.45, 7) is 8.55. The molecule has 0 amide bonds. The van der Waals surface area contributed by atoms with Gasteiger partial charge in [-0.2, -0.15) is 4.31 Å². The number of benzene rings is 1. The summed E-state index contributed by atoms with van der Waals surface area (Å²) in [5.74, 6) is 0.427. The van der Waals surface area contributed by atoms with Crippen LogP contribution in [0, 0.1) is 11.3 Å². The number of hydrogen-bond acceptors (Lipinski definition) is 3. The number of nitrogens with zero attached hydrogens (tertiary/aromatic N) is 1. The largest absolute Gasteiger partial charge is 0.316 e. The second kappa shape index (κ2) is 6.07. The zero-order valence-electron chi connectivity index (χ0n) is 13.4. The van der Waals surface area contributed by atoms with Gasteiger partial charge in [-0.3, -0.25) is 0 Å². The smallest absolute Gasteiger partial charge is 0.243 e. The Hall–Kier alpha value is -0.910. The molecule has 1 aliphatic heterocycles. The van der Waals surface area contributed by atoms with Crippen LogP contribution in [0.2, 0.25) is 0 Å². The van der Waals surface area contributed by atoms with E-state index in [9.17, 15) is 8.42 Å². The predicted octanol–water partition coefficient (Wildman–Crippen LogP) is 2.46. The zero-order chi connectivity index (χ0) is 15.7. The first-order valence-corrected chi connectivity index (χ1v) is 8.93. The average Bonchev–Trinajstić information content (AvgIpc) is 2.90. The van der Waals surface area contributed by atoms with Crippen LogP contribution in [0.15, 0.2) is 29.2 Å². The lowest BCUT2D eigenvalue weighted by Gasteiger charge is -2.26. The van der Waals surface area contributed by atoms with E-state index in [0.29, 0.717) is 23.9 Å². The predicted molar refractivity (Wildman–Crippen MR) is 85.5 cm³/mol. The number of nitrogens with one attached hydrogen (secondary N) is 1. The van der Waals surface area contributed by atoms with E-state index in [1.54, 1.807) is 16.4 Å². The summed E-state index contributed by atoms with van der Waals surface area (Å²) in [5.41, 5.74) is 1.24. The first-order valence-electron chi connectivity index (χ1n) is 7.49. The molecule has 1 unspecified atom stereocenters. The van der Waals surface area contributed by atoms with E-state index in [-0.39, 0.29) is 5.41 Å². The van der Waals surface area contributed by atoms with Crippen LogP contribution in [0.4, 0.5) is 0 Å². The van der Waals surface area contributed by atoms with Crippen molar-refractivity contribution >= 4 is 10.0 Å². The fraction of sp³-hybridized carbons (Fsp3) is 0.625. The topological polar surface area (TPSA) is 49.4 Å². The van der Waals surface area contributed by atoms with Crippen molar-refractivity contribution in [1.29, 1.82) is 0 Å². The minimum absolute atomic E-state index is 0.154. The highest BCUT2D eigenvalue weighted by Gasteiger charge is 2.37. The lowest BCUT2D eigenvalue weighted by Crippen LogP contribution is -2.31. The van der Waals surface area contributed by atoms with Gasteiger partial charge in [-0.1, -0.05) is 32.9 Å². The van der Waals surface area contributed by atoms with Crippen molar-refractivity contribution in [3.63, 3.8) is 0 Å². The SMILES string of the molecule is CNCc1ccc(S(=O)(=O)N2CCC(C(C)(C)C)C2)cc1. The quantitative estimate of drug-likeness (QED) is 0.929. The van der Waals surface area contributed by atoms with Crippen molar-refractivity contribution in [3.8, 4) is 0 Å². The molecular weight excluding hydrogens is 284 g/mol. The fourth-order valence-corrected chi connectivity index (χ4v) is 4.29. The first kappa shape index (κ1) is 16.5. The third-order valence-corrected chi connectivity index (χ3v) is 6.20. The van der Waals surface area contributed by atoms with E-state index < -0.39 is 10.0 Å². The van der Waals surface area contributed by atoms with Gasteiger partial charge < -0.3 is 5.32 Å². The van der Waals surface area contributed by atoms with Crippen LogP contribution >= 0.6 is 0 Å². The van der Waals surface area contributed by atoms with Crippen molar-refractivity contribution < 1.29 is 8.42 Å². The van der Waals surface area contributed by atoms with Gasteiger partial charge in [-0.25, -0.2) is 8.42 Å². The molecule has 21 heavy (non-hydrogen) atoms. The Bertz CT molecular complexity index is 573. The normalized spacial score (nSPS) is 20.9. The third kappa shape index (κ3) is 3.65. The minimum atomic E-state index is -3.35. The van der Waals surface area contributed by atoms with Gasteiger partial charge >= 0.3 is 0 Å². The highest BCUT2D eigenvalue weighted by molar-refractivity contribution is 7.89. The molecule has 5 heteroatoms. The minimum Gasteiger partial charge on any atom is -0.316 e. The lowest BCUT2D eigenvalue weighted by atomic mass is 9.80. The van der Waals surface area contributed by atoms with E-state index in [1.165, 1.54) is 0 Å². The fourth-order valence-electron chi connectivity index (χ4n) is 2.79. The summed E-state index contributed by atoms with van der Waals surface area (Å²) < 4.78 is 27.0. The maximum atomic E-state index is 12.7. The van der Waals surface area contributed by atoms with Crippen LogP contribution in [-0.2, 0) is 16.6 Å². The van der Waals surface area contributed by atoms with E-state index >= 15 is 0 Å². The monoisotopic (exact) mass is 310 g/mol. The molecule has 1 N–H and O–H groups in total. The Labute approximate surface area is 128 Å². The van der Waals surface area contributed by atoms with Crippen molar-refractivity contribution in [2.75, 3.05) is 20.1 Å². The number of sulfonamides is 1. The van der Waals surface area contributed by atoms with Gasteiger partial charge in [0, 0.05) is 19.6 Å². The van der Waals surface area contributed by atoms with Crippen LogP contribution < -0.4 is 5.32 Å². The molecule has 4 nitrogen and oxygen atoms in total. The van der Waals surface area contributed by atoms with Crippen LogP contribution in [-0.4, -0.2) is 32.9 Å². The summed E-state index contributed by atoms with van der Waals surface area (Å²) in [6, 6.07) is 7.18. The standard InChI is InChI=1S/C16H26N2O2S/c1-16(2,3)14-9-10-18(12-14)21(19,20)15-7-5-13(6-8-15)11-17-4/h5-8,14,17H,9-12H2,1-4H3. The van der Waals surface area contributed by atoms with E-state index in [2.05, 4.69) is 26.1 Å². The van der Waals surface area contributed by atoms with Gasteiger partial charge in [0.2, 0.25) is 10.0 Å². The third-order valence-electron chi connectivity index (χ3n) is 4.32. The highest BCUT2D eigenvalue weighted by Crippen LogP contribution is 2.35. The summed E-state index contributed by atoms with van der Waals surface area (Å²) in [7, 11) is -1.47. The van der Waals surface area contributed by atoms with Crippen molar-refractivity contribution in [3.05, 3.63) is 29.8 Å². The van der Waals surface area contributed by atoms with Crippen molar-refractivity contribution in [1.82, 2.24) is 9.62 Å².